The van der Waals surface area contributed by atoms with Gasteiger partial charge in [-0.1, -0.05) is 13.0 Å². The Morgan fingerprint density at radius 1 is 1.35 bits per heavy atom. The van der Waals surface area contributed by atoms with E-state index in [4.69, 9.17) is 0 Å². The number of aromatic nitrogens is 2. The number of nitrogens with one attached hydrogen (secondary N) is 1. The highest BCUT2D eigenvalue weighted by Crippen LogP contribution is 2.28. The normalized spacial score (nSPS) is 10.2. The standard InChI is InChI=1S/C13H14N4O2S/c1-2-6-14-11-8-10(17(18)19)9-13(16-11)20-12-5-3-4-7-15-12/h3-5,7-9H,2,6H2,1H3,(H,14,16). The van der Waals surface area contributed by atoms with Crippen LogP contribution in [0.3, 0.4) is 0 Å². The van der Waals surface area contributed by atoms with E-state index in [0.29, 0.717) is 10.8 Å². The summed E-state index contributed by atoms with van der Waals surface area (Å²) in [5.74, 6) is 0.513. The lowest BCUT2D eigenvalue weighted by atomic mass is 10.4. The first kappa shape index (κ1) is 14.3. The zero-order valence-corrected chi connectivity index (χ0v) is 11.8. The summed E-state index contributed by atoms with van der Waals surface area (Å²) < 4.78 is 0. The van der Waals surface area contributed by atoms with Crippen molar-refractivity contribution < 1.29 is 4.92 Å². The molecule has 0 aromatic carbocycles. The number of hydrogen-bond acceptors (Lipinski definition) is 6. The maximum atomic E-state index is 11.0. The quantitative estimate of drug-likeness (QED) is 0.649. The highest BCUT2D eigenvalue weighted by Gasteiger charge is 2.12. The molecule has 2 heterocycles. The van der Waals surface area contributed by atoms with E-state index in [9.17, 15) is 10.1 Å². The molecule has 2 aromatic heterocycles. The highest BCUT2D eigenvalue weighted by molar-refractivity contribution is 7.99. The van der Waals surface area contributed by atoms with Gasteiger partial charge in [0.05, 0.1) is 11.0 Å². The van der Waals surface area contributed by atoms with Crippen LogP contribution in [0.15, 0.2) is 46.6 Å². The molecule has 1 N–H and O–H groups in total. The fraction of sp³-hybridized carbons (Fsp3) is 0.231. The summed E-state index contributed by atoms with van der Waals surface area (Å²) in [6.45, 7) is 2.75. The lowest BCUT2D eigenvalue weighted by Crippen LogP contribution is -2.03. The number of hydrogen-bond donors (Lipinski definition) is 1. The first-order valence-electron chi connectivity index (χ1n) is 6.18. The van der Waals surface area contributed by atoms with Crippen LogP contribution in [-0.4, -0.2) is 21.4 Å². The number of pyridine rings is 2. The summed E-state index contributed by atoms with van der Waals surface area (Å²) >= 11 is 1.30. The minimum Gasteiger partial charge on any atom is -0.370 e. The highest BCUT2D eigenvalue weighted by atomic mass is 32.2. The van der Waals surface area contributed by atoms with Crippen molar-refractivity contribution in [3.63, 3.8) is 0 Å². The van der Waals surface area contributed by atoms with Gasteiger partial charge in [-0.05, 0) is 30.3 Å². The van der Waals surface area contributed by atoms with Crippen LogP contribution in [0.1, 0.15) is 13.3 Å². The second-order valence-corrected chi connectivity index (χ2v) is 5.04. The monoisotopic (exact) mass is 290 g/mol. The first-order chi connectivity index (χ1) is 9.69. The average Bonchev–Trinajstić information content (AvgIpc) is 2.46. The third kappa shape index (κ3) is 3.92. The SMILES string of the molecule is CCCNc1cc([N+](=O)[O-])cc(Sc2ccccn2)n1. The van der Waals surface area contributed by atoms with Crippen molar-refractivity contribution in [3.05, 3.63) is 46.6 Å². The molecule has 0 amide bonds. The van der Waals surface area contributed by atoms with Crippen molar-refractivity contribution in [1.29, 1.82) is 0 Å². The smallest absolute Gasteiger partial charge is 0.275 e. The zero-order valence-electron chi connectivity index (χ0n) is 10.9. The summed E-state index contributed by atoms with van der Waals surface area (Å²) in [5.41, 5.74) is 0.0250. The zero-order chi connectivity index (χ0) is 14.4. The lowest BCUT2D eigenvalue weighted by molar-refractivity contribution is -0.385. The van der Waals surface area contributed by atoms with E-state index in [-0.39, 0.29) is 5.69 Å². The Labute approximate surface area is 120 Å². The van der Waals surface area contributed by atoms with E-state index in [1.165, 1.54) is 23.9 Å². The molecule has 0 saturated heterocycles. The first-order valence-corrected chi connectivity index (χ1v) is 7.00. The van der Waals surface area contributed by atoms with Gasteiger partial charge in [-0.25, -0.2) is 9.97 Å². The predicted molar refractivity (Wildman–Crippen MR) is 78.0 cm³/mol. The van der Waals surface area contributed by atoms with E-state index < -0.39 is 4.92 Å². The van der Waals surface area contributed by atoms with Crippen LogP contribution < -0.4 is 5.32 Å². The Morgan fingerprint density at radius 3 is 2.85 bits per heavy atom. The van der Waals surface area contributed by atoms with Crippen molar-refractivity contribution >= 4 is 23.3 Å². The Bertz CT molecular complexity index is 592. The second kappa shape index (κ2) is 6.85. The van der Waals surface area contributed by atoms with Crippen LogP contribution in [0.25, 0.3) is 0 Å². The number of nitro groups is 1. The molecule has 2 rings (SSSR count). The van der Waals surface area contributed by atoms with Crippen molar-refractivity contribution in [1.82, 2.24) is 9.97 Å². The van der Waals surface area contributed by atoms with Crippen LogP contribution in [0.5, 0.6) is 0 Å². The number of rotatable bonds is 6. The molecule has 0 aliphatic carbocycles. The van der Waals surface area contributed by atoms with E-state index in [1.54, 1.807) is 6.20 Å². The minimum absolute atomic E-state index is 0.0250. The fourth-order valence-corrected chi connectivity index (χ4v) is 2.31. The summed E-state index contributed by atoms with van der Waals surface area (Å²) in [6.07, 6.45) is 2.60. The Morgan fingerprint density at radius 2 is 2.20 bits per heavy atom. The largest absolute Gasteiger partial charge is 0.370 e. The molecule has 0 spiro atoms. The van der Waals surface area contributed by atoms with Gasteiger partial charge in [-0.15, -0.1) is 0 Å². The van der Waals surface area contributed by atoms with E-state index in [0.717, 1.165) is 18.0 Å². The number of anilines is 1. The molecule has 0 atom stereocenters. The van der Waals surface area contributed by atoms with Gasteiger partial charge in [0.1, 0.15) is 15.9 Å². The Balaban J connectivity index is 2.26. The molecular weight excluding hydrogens is 276 g/mol. The summed E-state index contributed by atoms with van der Waals surface area (Å²) in [4.78, 5) is 19.1. The molecule has 2 aromatic rings. The van der Waals surface area contributed by atoms with E-state index in [2.05, 4.69) is 15.3 Å². The third-order valence-corrected chi connectivity index (χ3v) is 3.27. The molecule has 0 saturated carbocycles. The van der Waals surface area contributed by atoms with E-state index >= 15 is 0 Å². The molecule has 0 unspecified atom stereocenters. The van der Waals surface area contributed by atoms with Gasteiger partial charge >= 0.3 is 0 Å². The van der Waals surface area contributed by atoms with Crippen molar-refractivity contribution in [2.75, 3.05) is 11.9 Å². The Hall–Kier alpha value is -2.15. The molecule has 20 heavy (non-hydrogen) atoms. The molecule has 0 radical (unpaired) electrons. The predicted octanol–water partition coefficient (Wildman–Crippen LogP) is 3.36. The number of nitrogens with zero attached hydrogens (tertiary/aromatic N) is 3. The van der Waals surface area contributed by atoms with Crippen LogP contribution in [-0.2, 0) is 0 Å². The third-order valence-electron chi connectivity index (χ3n) is 2.40. The molecule has 0 aliphatic heterocycles. The van der Waals surface area contributed by atoms with Gasteiger partial charge in [-0.3, -0.25) is 10.1 Å². The van der Waals surface area contributed by atoms with Gasteiger partial charge in [0.2, 0.25) is 0 Å². The molecule has 0 fully saturated rings. The van der Waals surface area contributed by atoms with Gasteiger partial charge < -0.3 is 5.32 Å². The Kier molecular flexibility index (Phi) is 4.89. The average molecular weight is 290 g/mol. The van der Waals surface area contributed by atoms with Gasteiger partial charge in [0, 0.05) is 18.8 Å². The molecule has 0 bridgehead atoms. The van der Waals surface area contributed by atoms with Crippen molar-refractivity contribution in [3.8, 4) is 0 Å². The summed E-state index contributed by atoms with van der Waals surface area (Å²) in [7, 11) is 0. The molecule has 6 nitrogen and oxygen atoms in total. The molecule has 0 aliphatic rings. The topological polar surface area (TPSA) is 81.0 Å². The minimum atomic E-state index is -0.415. The molecular formula is C13H14N4O2S. The summed E-state index contributed by atoms with van der Waals surface area (Å²) in [6, 6.07) is 8.42. The van der Waals surface area contributed by atoms with Gasteiger partial charge in [0.25, 0.3) is 5.69 Å². The van der Waals surface area contributed by atoms with Crippen molar-refractivity contribution in [2.45, 2.75) is 23.4 Å². The van der Waals surface area contributed by atoms with E-state index in [1.807, 2.05) is 25.1 Å². The lowest BCUT2D eigenvalue weighted by Gasteiger charge is -2.06. The van der Waals surface area contributed by atoms with Gasteiger partial charge in [-0.2, -0.15) is 0 Å². The second-order valence-electron chi connectivity index (χ2n) is 4.00. The van der Waals surface area contributed by atoms with Crippen LogP contribution in [0, 0.1) is 10.1 Å². The summed E-state index contributed by atoms with van der Waals surface area (Å²) in [5, 5.41) is 15.3. The molecule has 7 heteroatoms. The van der Waals surface area contributed by atoms with Crippen LogP contribution >= 0.6 is 11.8 Å². The maximum absolute atomic E-state index is 11.0. The van der Waals surface area contributed by atoms with Crippen LogP contribution in [0.2, 0.25) is 0 Å². The van der Waals surface area contributed by atoms with Gasteiger partial charge in [0.15, 0.2) is 0 Å². The molecule has 104 valence electrons. The fourth-order valence-electron chi connectivity index (χ4n) is 1.51. The van der Waals surface area contributed by atoms with Crippen LogP contribution in [0.4, 0.5) is 11.5 Å². The maximum Gasteiger partial charge on any atom is 0.275 e. The van der Waals surface area contributed by atoms with Crippen molar-refractivity contribution in [2.24, 2.45) is 0 Å².